The van der Waals surface area contributed by atoms with Crippen molar-refractivity contribution in [1.29, 1.82) is 0 Å². The number of aliphatic hydroxyl groups is 1. The first-order valence-electron chi connectivity index (χ1n) is 10.5. The number of rotatable bonds is 3. The third-order valence-corrected chi connectivity index (χ3v) is 5.91. The lowest BCUT2D eigenvalue weighted by Gasteiger charge is -2.23. The second-order valence-corrected chi connectivity index (χ2v) is 8.16. The second kappa shape index (κ2) is 7.63. The normalized spacial score (nSPS) is 17.8. The number of nitrogens with zero attached hydrogens (tertiary/aromatic N) is 2. The highest BCUT2D eigenvalue weighted by Crippen LogP contribution is 2.42. The molecular formula is C26H21N3O4. The van der Waals surface area contributed by atoms with Crippen LogP contribution in [0.1, 0.15) is 28.3 Å². The van der Waals surface area contributed by atoms with Gasteiger partial charge in [-0.25, -0.2) is 4.98 Å². The molecule has 7 nitrogen and oxygen atoms in total. The number of imidazole rings is 1. The van der Waals surface area contributed by atoms with E-state index in [1.807, 2.05) is 44.2 Å². The van der Waals surface area contributed by atoms with Crippen molar-refractivity contribution in [3.8, 4) is 5.75 Å². The molecule has 0 bridgehead atoms. The molecule has 1 aliphatic heterocycles. The highest BCUT2D eigenvalue weighted by molar-refractivity contribution is 6.51. The van der Waals surface area contributed by atoms with E-state index in [0.717, 1.165) is 11.1 Å². The van der Waals surface area contributed by atoms with Crippen molar-refractivity contribution in [1.82, 2.24) is 9.97 Å². The number of aryl methyl sites for hydroxylation is 2. The molecule has 1 atom stereocenters. The Labute approximate surface area is 189 Å². The van der Waals surface area contributed by atoms with Crippen molar-refractivity contribution in [2.24, 2.45) is 0 Å². The summed E-state index contributed by atoms with van der Waals surface area (Å²) in [6.45, 7) is 3.72. The van der Waals surface area contributed by atoms with Crippen LogP contribution in [-0.4, -0.2) is 31.9 Å². The zero-order valence-electron chi connectivity index (χ0n) is 18.0. The number of Topliss-reactive ketones (excluding diaryl/α,β-unsaturated/α-hetero) is 1. The molecule has 1 aliphatic rings. The fraction of sp³-hybridized carbons (Fsp3) is 0.115. The molecule has 0 radical (unpaired) electrons. The predicted octanol–water partition coefficient (Wildman–Crippen LogP) is 4.51. The highest BCUT2D eigenvalue weighted by Gasteiger charge is 2.48. The molecule has 0 aliphatic carbocycles. The van der Waals surface area contributed by atoms with Crippen molar-refractivity contribution in [3.63, 3.8) is 0 Å². The van der Waals surface area contributed by atoms with E-state index in [2.05, 4.69) is 9.97 Å². The van der Waals surface area contributed by atoms with Crippen molar-refractivity contribution in [2.75, 3.05) is 4.90 Å². The van der Waals surface area contributed by atoms with E-state index in [9.17, 15) is 19.8 Å². The van der Waals surface area contributed by atoms with E-state index < -0.39 is 17.7 Å². The standard InChI is InChI=1S/C26H21N3O4/c1-14-7-8-15(2)18(13-14)23(31)21-22(16-9-11-17(30)12-10-16)29(25(33)24(21)32)26-27-19-5-3-4-6-20(19)28-26/h3-13,22,30-31H,1-2H3,(H,27,28)/b23-21+. The van der Waals surface area contributed by atoms with Gasteiger partial charge in [0.25, 0.3) is 5.78 Å². The molecule has 1 unspecified atom stereocenters. The van der Waals surface area contributed by atoms with Gasteiger partial charge in [0.15, 0.2) is 0 Å². The number of H-pyrrole nitrogens is 1. The first-order chi connectivity index (χ1) is 15.8. The number of carbonyl (C=O) groups is 2. The molecule has 1 amide bonds. The first-order valence-corrected chi connectivity index (χ1v) is 10.5. The topological polar surface area (TPSA) is 107 Å². The lowest BCUT2D eigenvalue weighted by molar-refractivity contribution is -0.132. The molecule has 33 heavy (non-hydrogen) atoms. The Bertz CT molecular complexity index is 1420. The summed E-state index contributed by atoms with van der Waals surface area (Å²) in [6, 6.07) is 18.1. The Morgan fingerprint density at radius 2 is 1.73 bits per heavy atom. The monoisotopic (exact) mass is 439 g/mol. The maximum atomic E-state index is 13.3. The van der Waals surface area contributed by atoms with Gasteiger partial charge in [-0.1, -0.05) is 42.0 Å². The van der Waals surface area contributed by atoms with Crippen LogP contribution in [0.4, 0.5) is 5.95 Å². The Balaban J connectivity index is 1.76. The van der Waals surface area contributed by atoms with Crippen LogP contribution in [0.5, 0.6) is 5.75 Å². The van der Waals surface area contributed by atoms with Gasteiger partial charge < -0.3 is 15.2 Å². The maximum absolute atomic E-state index is 13.3. The molecule has 0 spiro atoms. The smallest absolute Gasteiger partial charge is 0.302 e. The number of amides is 1. The summed E-state index contributed by atoms with van der Waals surface area (Å²) in [4.78, 5) is 35.4. The van der Waals surface area contributed by atoms with Gasteiger partial charge in [-0.2, -0.15) is 0 Å². The number of aliphatic hydroxyl groups excluding tert-OH is 1. The van der Waals surface area contributed by atoms with Gasteiger partial charge in [-0.3, -0.25) is 14.5 Å². The van der Waals surface area contributed by atoms with E-state index in [0.29, 0.717) is 22.2 Å². The number of anilines is 1. The Hall–Kier alpha value is -4.39. The summed E-state index contributed by atoms with van der Waals surface area (Å²) in [6.07, 6.45) is 0. The summed E-state index contributed by atoms with van der Waals surface area (Å²) in [5, 5.41) is 21.1. The van der Waals surface area contributed by atoms with E-state index in [-0.39, 0.29) is 23.0 Å². The number of aromatic amines is 1. The number of phenolic OH excluding ortho intramolecular Hbond substituents is 1. The number of benzene rings is 3. The van der Waals surface area contributed by atoms with Crippen molar-refractivity contribution in [3.05, 3.63) is 94.6 Å². The number of para-hydroxylation sites is 2. The van der Waals surface area contributed by atoms with Crippen LogP contribution in [0, 0.1) is 13.8 Å². The summed E-state index contributed by atoms with van der Waals surface area (Å²) in [5.74, 6) is -1.58. The number of hydrogen-bond acceptors (Lipinski definition) is 5. The van der Waals surface area contributed by atoms with Crippen LogP contribution in [0.3, 0.4) is 0 Å². The fourth-order valence-electron chi connectivity index (χ4n) is 4.21. The van der Waals surface area contributed by atoms with Crippen molar-refractivity contribution in [2.45, 2.75) is 19.9 Å². The molecule has 1 aromatic heterocycles. The summed E-state index contributed by atoms with van der Waals surface area (Å²) in [5.41, 5.74) is 4.06. The molecule has 1 fully saturated rings. The van der Waals surface area contributed by atoms with E-state index in [4.69, 9.17) is 0 Å². The Morgan fingerprint density at radius 1 is 1.00 bits per heavy atom. The Kier molecular flexibility index (Phi) is 4.74. The second-order valence-electron chi connectivity index (χ2n) is 8.16. The van der Waals surface area contributed by atoms with E-state index in [1.165, 1.54) is 17.0 Å². The van der Waals surface area contributed by atoms with Gasteiger partial charge in [-0.15, -0.1) is 0 Å². The largest absolute Gasteiger partial charge is 0.508 e. The van der Waals surface area contributed by atoms with Crippen LogP contribution in [-0.2, 0) is 9.59 Å². The average molecular weight is 439 g/mol. The molecule has 4 aromatic rings. The summed E-state index contributed by atoms with van der Waals surface area (Å²) >= 11 is 0. The lowest BCUT2D eigenvalue weighted by atomic mass is 9.93. The number of nitrogens with one attached hydrogen (secondary N) is 1. The Morgan fingerprint density at radius 3 is 2.45 bits per heavy atom. The van der Waals surface area contributed by atoms with Gasteiger partial charge in [0.1, 0.15) is 11.5 Å². The quantitative estimate of drug-likeness (QED) is 0.247. The number of aromatic hydroxyl groups is 1. The molecule has 2 heterocycles. The number of fused-ring (bicyclic) bond motifs is 1. The van der Waals surface area contributed by atoms with E-state index >= 15 is 0 Å². The van der Waals surface area contributed by atoms with Crippen molar-refractivity contribution < 1.29 is 19.8 Å². The van der Waals surface area contributed by atoms with E-state index in [1.54, 1.807) is 24.3 Å². The number of aromatic nitrogens is 2. The van der Waals surface area contributed by atoms with Crippen LogP contribution < -0.4 is 4.90 Å². The molecule has 164 valence electrons. The lowest BCUT2D eigenvalue weighted by Crippen LogP contribution is -2.30. The van der Waals surface area contributed by atoms with Crippen LogP contribution in [0.2, 0.25) is 0 Å². The first kappa shape index (κ1) is 20.5. The molecule has 7 heteroatoms. The van der Waals surface area contributed by atoms with Crippen molar-refractivity contribution >= 4 is 34.4 Å². The highest BCUT2D eigenvalue weighted by atomic mass is 16.3. The third-order valence-electron chi connectivity index (χ3n) is 5.91. The minimum Gasteiger partial charge on any atom is -0.508 e. The minimum absolute atomic E-state index is 0.0279. The number of ketones is 1. The molecule has 1 saturated heterocycles. The van der Waals surface area contributed by atoms with Gasteiger partial charge in [0, 0.05) is 5.56 Å². The van der Waals surface area contributed by atoms with Gasteiger partial charge in [0.05, 0.1) is 22.6 Å². The predicted molar refractivity (Wildman–Crippen MR) is 125 cm³/mol. The zero-order chi connectivity index (χ0) is 23.3. The summed E-state index contributed by atoms with van der Waals surface area (Å²) in [7, 11) is 0. The molecule has 3 aromatic carbocycles. The van der Waals surface area contributed by atoms with Crippen LogP contribution in [0.25, 0.3) is 16.8 Å². The van der Waals surface area contributed by atoms with Gasteiger partial charge >= 0.3 is 5.91 Å². The molecule has 3 N–H and O–H groups in total. The average Bonchev–Trinajstić information content (AvgIpc) is 3.34. The fourth-order valence-corrected chi connectivity index (χ4v) is 4.21. The van der Waals surface area contributed by atoms with Gasteiger partial charge in [-0.05, 0) is 55.3 Å². The maximum Gasteiger partial charge on any atom is 0.302 e. The van der Waals surface area contributed by atoms with Gasteiger partial charge in [0.2, 0.25) is 5.95 Å². The zero-order valence-corrected chi connectivity index (χ0v) is 18.0. The van der Waals surface area contributed by atoms with Crippen LogP contribution in [0.15, 0.2) is 72.3 Å². The third kappa shape index (κ3) is 3.34. The minimum atomic E-state index is -0.925. The summed E-state index contributed by atoms with van der Waals surface area (Å²) < 4.78 is 0. The number of carbonyl (C=O) groups excluding carboxylic acids is 2. The number of phenols is 1. The molecular weight excluding hydrogens is 418 g/mol. The number of hydrogen-bond donors (Lipinski definition) is 3. The SMILES string of the molecule is Cc1ccc(C)c(/C(O)=C2\C(=O)C(=O)N(c3nc4ccccc4[nH]3)C2c2ccc(O)cc2)c1. The van der Waals surface area contributed by atoms with Crippen LogP contribution >= 0.6 is 0 Å². The molecule has 0 saturated carbocycles. The molecule has 5 rings (SSSR count).